The lowest BCUT2D eigenvalue weighted by molar-refractivity contribution is -0.134. The smallest absolute Gasteiger partial charge is 0.223 e. The number of ketones is 1. The Morgan fingerprint density at radius 1 is 1.32 bits per heavy atom. The summed E-state index contributed by atoms with van der Waals surface area (Å²) in [5.41, 5.74) is 0.585. The number of nitrogens with one attached hydrogen (secondary N) is 1. The van der Waals surface area contributed by atoms with E-state index in [9.17, 15) is 9.59 Å². The molecule has 1 aliphatic heterocycles. The fourth-order valence-corrected chi connectivity index (χ4v) is 2.77. The Morgan fingerprint density at radius 3 is 2.72 bits per heavy atom. The van der Waals surface area contributed by atoms with E-state index in [2.05, 4.69) is 12.2 Å². The normalized spacial score (nSPS) is 16.8. The molecule has 25 heavy (non-hydrogen) atoms. The van der Waals surface area contributed by atoms with Gasteiger partial charge in [0.2, 0.25) is 5.91 Å². The number of halogens is 1. The summed E-state index contributed by atoms with van der Waals surface area (Å²) >= 11 is 0. The quantitative estimate of drug-likeness (QED) is 0.589. The Kier molecular flexibility index (Phi) is 8.72. The van der Waals surface area contributed by atoms with Gasteiger partial charge in [-0.25, -0.2) is 0 Å². The van der Waals surface area contributed by atoms with Gasteiger partial charge in [-0.05, 0) is 38.5 Å². The lowest BCUT2D eigenvalue weighted by atomic mass is 10.1. The van der Waals surface area contributed by atoms with E-state index in [1.807, 2.05) is 4.90 Å². The zero-order valence-electron chi connectivity index (χ0n) is 15.0. The Balaban J connectivity index is 0.00000312. The number of nitrogens with zero attached hydrogens (tertiary/aromatic N) is 1. The highest BCUT2D eigenvalue weighted by molar-refractivity contribution is 5.94. The fraction of sp³-hybridized carbons (Fsp3) is 0.556. The molecule has 1 amide bonds. The van der Waals surface area contributed by atoms with Gasteiger partial charge in [0, 0.05) is 37.7 Å². The summed E-state index contributed by atoms with van der Waals surface area (Å²) in [4.78, 5) is 25.6. The second-order valence-corrected chi connectivity index (χ2v) is 6.01. The number of hydrogen-bond acceptors (Lipinski definition) is 5. The maximum Gasteiger partial charge on any atom is 0.223 e. The number of amides is 1. The van der Waals surface area contributed by atoms with Crippen molar-refractivity contribution in [1.29, 1.82) is 0 Å². The molecule has 1 fully saturated rings. The average Bonchev–Trinajstić information content (AvgIpc) is 2.58. The van der Waals surface area contributed by atoms with Crippen molar-refractivity contribution in [3.63, 3.8) is 0 Å². The van der Waals surface area contributed by atoms with Crippen molar-refractivity contribution >= 4 is 24.1 Å². The standard InChI is InChI=1S/C18H26N2O4.ClH/c1-13-12-19-8-9-20(13)18(22)5-4-10-24-16-7-6-15(14(2)21)11-17(16)23-3;/h6-7,11,13,19H,4-5,8-10,12H2,1-3H3;1H. The minimum absolute atomic E-state index is 0. The molecule has 1 aromatic carbocycles. The van der Waals surface area contributed by atoms with E-state index < -0.39 is 0 Å². The third-order valence-corrected chi connectivity index (χ3v) is 4.18. The van der Waals surface area contributed by atoms with Crippen molar-refractivity contribution in [3.8, 4) is 11.5 Å². The molecule has 2 rings (SSSR count). The van der Waals surface area contributed by atoms with Crippen LogP contribution in [0.25, 0.3) is 0 Å². The molecular formula is C18H27ClN2O4. The highest BCUT2D eigenvalue weighted by Crippen LogP contribution is 2.28. The molecule has 1 heterocycles. The number of piperazine rings is 1. The molecule has 1 atom stereocenters. The van der Waals surface area contributed by atoms with E-state index in [0.29, 0.717) is 36.5 Å². The summed E-state index contributed by atoms with van der Waals surface area (Å²) in [7, 11) is 1.54. The number of ether oxygens (including phenoxy) is 2. The summed E-state index contributed by atoms with van der Waals surface area (Å²) in [5, 5.41) is 3.28. The van der Waals surface area contributed by atoms with Gasteiger partial charge in [0.25, 0.3) is 0 Å². The zero-order valence-corrected chi connectivity index (χ0v) is 15.9. The van der Waals surface area contributed by atoms with E-state index in [-0.39, 0.29) is 30.1 Å². The van der Waals surface area contributed by atoms with Gasteiger partial charge < -0.3 is 19.7 Å². The lowest BCUT2D eigenvalue weighted by Gasteiger charge is -2.34. The van der Waals surface area contributed by atoms with E-state index in [0.717, 1.165) is 19.6 Å². The van der Waals surface area contributed by atoms with Crippen molar-refractivity contribution in [2.75, 3.05) is 33.4 Å². The second kappa shape index (κ2) is 10.3. The van der Waals surface area contributed by atoms with Gasteiger partial charge in [-0.2, -0.15) is 0 Å². The molecule has 1 saturated heterocycles. The Labute approximate surface area is 155 Å². The van der Waals surface area contributed by atoms with Crippen molar-refractivity contribution < 1.29 is 19.1 Å². The summed E-state index contributed by atoms with van der Waals surface area (Å²) < 4.78 is 11.0. The molecule has 1 aliphatic rings. The maximum absolute atomic E-state index is 12.2. The van der Waals surface area contributed by atoms with Gasteiger partial charge in [-0.1, -0.05) is 0 Å². The monoisotopic (exact) mass is 370 g/mol. The first-order valence-corrected chi connectivity index (χ1v) is 8.35. The molecule has 0 saturated carbocycles. The largest absolute Gasteiger partial charge is 0.493 e. The van der Waals surface area contributed by atoms with Crippen LogP contribution in [0.1, 0.15) is 37.0 Å². The van der Waals surface area contributed by atoms with Crippen molar-refractivity contribution in [2.45, 2.75) is 32.7 Å². The van der Waals surface area contributed by atoms with Crippen molar-refractivity contribution in [2.24, 2.45) is 0 Å². The van der Waals surface area contributed by atoms with Crippen molar-refractivity contribution in [1.82, 2.24) is 10.2 Å². The molecule has 0 aliphatic carbocycles. The molecule has 1 aromatic rings. The first kappa shape index (κ1) is 21.3. The Hall–Kier alpha value is -1.79. The average molecular weight is 371 g/mol. The molecule has 7 heteroatoms. The SMILES string of the molecule is COc1cc(C(C)=O)ccc1OCCCC(=O)N1CCNCC1C.Cl. The molecule has 140 valence electrons. The Bertz CT molecular complexity index is 594. The number of carbonyl (C=O) groups is 2. The first-order chi connectivity index (χ1) is 11.5. The highest BCUT2D eigenvalue weighted by atomic mass is 35.5. The van der Waals surface area contributed by atoms with Crippen LogP contribution >= 0.6 is 12.4 Å². The predicted molar refractivity (Wildman–Crippen MR) is 99.0 cm³/mol. The minimum atomic E-state index is -0.0180. The Morgan fingerprint density at radius 2 is 2.08 bits per heavy atom. The van der Waals surface area contributed by atoms with Crippen LogP contribution < -0.4 is 14.8 Å². The van der Waals surface area contributed by atoms with Crippen LogP contribution in [-0.4, -0.2) is 56.0 Å². The van der Waals surface area contributed by atoms with E-state index >= 15 is 0 Å². The summed E-state index contributed by atoms with van der Waals surface area (Å²) in [6.45, 7) is 6.47. The zero-order chi connectivity index (χ0) is 17.5. The second-order valence-electron chi connectivity index (χ2n) is 6.01. The number of carbonyl (C=O) groups excluding carboxylic acids is 2. The molecule has 0 bridgehead atoms. The van der Waals surface area contributed by atoms with Gasteiger partial charge in [0.1, 0.15) is 0 Å². The highest BCUT2D eigenvalue weighted by Gasteiger charge is 2.22. The summed E-state index contributed by atoms with van der Waals surface area (Å²) in [6.07, 6.45) is 1.12. The number of methoxy groups -OCH3 is 1. The van der Waals surface area contributed by atoms with E-state index in [1.165, 1.54) is 6.92 Å². The van der Waals surface area contributed by atoms with Crippen LogP contribution in [0.2, 0.25) is 0 Å². The molecular weight excluding hydrogens is 344 g/mol. The van der Waals surface area contributed by atoms with Crippen LogP contribution in [0.5, 0.6) is 11.5 Å². The third kappa shape index (κ3) is 5.90. The van der Waals surface area contributed by atoms with Crippen LogP contribution in [-0.2, 0) is 4.79 Å². The number of rotatable bonds is 7. The topological polar surface area (TPSA) is 67.9 Å². The summed E-state index contributed by atoms with van der Waals surface area (Å²) in [6, 6.07) is 5.36. The van der Waals surface area contributed by atoms with Crippen LogP contribution in [0.4, 0.5) is 0 Å². The molecule has 0 spiro atoms. The van der Waals surface area contributed by atoms with Gasteiger partial charge >= 0.3 is 0 Å². The number of hydrogen-bond donors (Lipinski definition) is 1. The van der Waals surface area contributed by atoms with Crippen LogP contribution in [0.3, 0.4) is 0 Å². The van der Waals surface area contributed by atoms with Crippen molar-refractivity contribution in [3.05, 3.63) is 23.8 Å². The van der Waals surface area contributed by atoms with Gasteiger partial charge in [0.05, 0.1) is 13.7 Å². The van der Waals surface area contributed by atoms with E-state index in [1.54, 1.807) is 25.3 Å². The molecule has 1 N–H and O–H groups in total. The molecule has 0 radical (unpaired) electrons. The van der Waals surface area contributed by atoms with Gasteiger partial charge in [-0.15, -0.1) is 12.4 Å². The van der Waals surface area contributed by atoms with Crippen LogP contribution in [0.15, 0.2) is 18.2 Å². The lowest BCUT2D eigenvalue weighted by Crippen LogP contribution is -2.52. The minimum Gasteiger partial charge on any atom is -0.493 e. The summed E-state index contributed by atoms with van der Waals surface area (Å²) in [5.74, 6) is 1.28. The van der Waals surface area contributed by atoms with Crippen LogP contribution in [0, 0.1) is 0 Å². The number of benzene rings is 1. The van der Waals surface area contributed by atoms with Gasteiger partial charge in [0.15, 0.2) is 17.3 Å². The van der Waals surface area contributed by atoms with E-state index in [4.69, 9.17) is 9.47 Å². The first-order valence-electron chi connectivity index (χ1n) is 8.35. The molecule has 0 aromatic heterocycles. The number of Topliss-reactive ketones (excluding diaryl/α,β-unsaturated/α-hetero) is 1. The fourth-order valence-electron chi connectivity index (χ4n) is 2.77. The van der Waals surface area contributed by atoms with Gasteiger partial charge in [-0.3, -0.25) is 9.59 Å². The maximum atomic E-state index is 12.2. The molecule has 6 nitrogen and oxygen atoms in total. The third-order valence-electron chi connectivity index (χ3n) is 4.18. The predicted octanol–water partition coefficient (Wildman–Crippen LogP) is 2.30. The molecule has 1 unspecified atom stereocenters.